The molecule has 2 N–H and O–H groups in total. The molecule has 0 fully saturated rings. The van der Waals surface area contributed by atoms with Gasteiger partial charge in [-0.05, 0) is 19.4 Å². The molecule has 0 heterocycles. The SMILES string of the molecule is COC(=O)C(C)(C)C(N)c1ccccc1. The van der Waals surface area contributed by atoms with Gasteiger partial charge in [-0.2, -0.15) is 0 Å². The van der Waals surface area contributed by atoms with Gasteiger partial charge in [0, 0.05) is 6.04 Å². The van der Waals surface area contributed by atoms with Crippen molar-refractivity contribution in [3.8, 4) is 0 Å². The molecular weight excluding hydrogens is 190 g/mol. The highest BCUT2D eigenvalue weighted by molar-refractivity contribution is 5.77. The van der Waals surface area contributed by atoms with Crippen molar-refractivity contribution in [1.29, 1.82) is 0 Å². The number of carbonyl (C=O) groups is 1. The van der Waals surface area contributed by atoms with E-state index in [0.29, 0.717) is 0 Å². The van der Waals surface area contributed by atoms with Gasteiger partial charge in [-0.15, -0.1) is 0 Å². The largest absolute Gasteiger partial charge is 0.469 e. The van der Waals surface area contributed by atoms with Gasteiger partial charge in [-0.25, -0.2) is 0 Å². The zero-order valence-electron chi connectivity index (χ0n) is 9.36. The van der Waals surface area contributed by atoms with Crippen molar-refractivity contribution >= 4 is 5.97 Å². The number of ether oxygens (including phenoxy) is 1. The third kappa shape index (κ3) is 2.36. The van der Waals surface area contributed by atoms with Crippen molar-refractivity contribution in [1.82, 2.24) is 0 Å². The van der Waals surface area contributed by atoms with Crippen LogP contribution < -0.4 is 5.73 Å². The summed E-state index contributed by atoms with van der Waals surface area (Å²) in [4.78, 5) is 11.5. The first-order chi connectivity index (χ1) is 7.00. The summed E-state index contributed by atoms with van der Waals surface area (Å²) in [6, 6.07) is 9.20. The number of esters is 1. The first kappa shape index (κ1) is 11.7. The summed E-state index contributed by atoms with van der Waals surface area (Å²) in [7, 11) is 1.38. The molecule has 0 aromatic heterocycles. The summed E-state index contributed by atoms with van der Waals surface area (Å²) in [5, 5.41) is 0. The molecule has 1 aromatic carbocycles. The molecule has 0 bridgehead atoms. The third-order valence-electron chi connectivity index (χ3n) is 2.65. The Labute approximate surface area is 90.2 Å². The lowest BCUT2D eigenvalue weighted by atomic mass is 9.81. The average Bonchev–Trinajstić information content (AvgIpc) is 2.28. The molecule has 0 saturated heterocycles. The quantitative estimate of drug-likeness (QED) is 0.770. The number of methoxy groups -OCH3 is 1. The van der Waals surface area contributed by atoms with E-state index < -0.39 is 5.41 Å². The topological polar surface area (TPSA) is 52.3 Å². The van der Waals surface area contributed by atoms with Gasteiger partial charge in [0.2, 0.25) is 0 Å². The van der Waals surface area contributed by atoms with Gasteiger partial charge in [0.1, 0.15) is 0 Å². The minimum absolute atomic E-state index is 0.293. The lowest BCUT2D eigenvalue weighted by molar-refractivity contribution is -0.152. The van der Waals surface area contributed by atoms with Crippen LogP contribution >= 0.6 is 0 Å². The normalized spacial score (nSPS) is 13.3. The van der Waals surface area contributed by atoms with Gasteiger partial charge in [-0.3, -0.25) is 4.79 Å². The van der Waals surface area contributed by atoms with Crippen LogP contribution in [0.15, 0.2) is 30.3 Å². The molecule has 3 heteroatoms. The third-order valence-corrected chi connectivity index (χ3v) is 2.65. The van der Waals surface area contributed by atoms with E-state index in [0.717, 1.165) is 5.56 Å². The number of rotatable bonds is 3. The Balaban J connectivity index is 2.94. The zero-order chi connectivity index (χ0) is 11.5. The standard InChI is InChI=1S/C12H17NO2/c1-12(2,11(14)15-3)10(13)9-7-5-4-6-8-9/h4-8,10H,13H2,1-3H3. The predicted octanol–water partition coefficient (Wildman–Crippen LogP) is 1.89. The number of hydrogen-bond donors (Lipinski definition) is 1. The monoisotopic (exact) mass is 207 g/mol. The van der Waals surface area contributed by atoms with Crippen molar-refractivity contribution in [3.05, 3.63) is 35.9 Å². The second-order valence-electron chi connectivity index (χ2n) is 4.10. The molecule has 1 rings (SSSR count). The van der Waals surface area contributed by atoms with Gasteiger partial charge < -0.3 is 10.5 Å². The molecule has 0 aliphatic rings. The van der Waals surface area contributed by atoms with E-state index in [4.69, 9.17) is 10.5 Å². The lowest BCUT2D eigenvalue weighted by Gasteiger charge is -2.28. The second kappa shape index (κ2) is 4.45. The first-order valence-corrected chi connectivity index (χ1v) is 4.89. The smallest absolute Gasteiger partial charge is 0.313 e. The summed E-state index contributed by atoms with van der Waals surface area (Å²) in [6.45, 7) is 3.58. The van der Waals surface area contributed by atoms with E-state index in [1.165, 1.54) is 7.11 Å². The molecule has 1 unspecified atom stereocenters. The van der Waals surface area contributed by atoms with E-state index in [-0.39, 0.29) is 12.0 Å². The number of nitrogens with two attached hydrogens (primary N) is 1. The van der Waals surface area contributed by atoms with E-state index in [1.807, 2.05) is 30.3 Å². The van der Waals surface area contributed by atoms with Gasteiger partial charge in [0.05, 0.1) is 12.5 Å². The maximum Gasteiger partial charge on any atom is 0.313 e. The van der Waals surface area contributed by atoms with Crippen LogP contribution in [0.1, 0.15) is 25.5 Å². The minimum atomic E-state index is -0.712. The van der Waals surface area contributed by atoms with Crippen LogP contribution in [-0.2, 0) is 9.53 Å². The molecule has 0 saturated carbocycles. The maximum atomic E-state index is 11.5. The molecule has 0 amide bonds. The molecule has 0 aliphatic carbocycles. The van der Waals surface area contributed by atoms with E-state index in [2.05, 4.69) is 0 Å². The van der Waals surface area contributed by atoms with Crippen LogP contribution in [-0.4, -0.2) is 13.1 Å². The summed E-state index contributed by atoms with van der Waals surface area (Å²) < 4.78 is 4.74. The predicted molar refractivity (Wildman–Crippen MR) is 59.2 cm³/mol. The Hall–Kier alpha value is -1.35. The lowest BCUT2D eigenvalue weighted by Crippen LogP contribution is -2.37. The minimum Gasteiger partial charge on any atom is -0.469 e. The summed E-state index contributed by atoms with van der Waals surface area (Å²) >= 11 is 0. The van der Waals surface area contributed by atoms with E-state index >= 15 is 0 Å². The van der Waals surface area contributed by atoms with Crippen LogP contribution in [0.3, 0.4) is 0 Å². The Morgan fingerprint density at radius 1 is 1.33 bits per heavy atom. The van der Waals surface area contributed by atoms with Crippen molar-refractivity contribution in [2.75, 3.05) is 7.11 Å². The van der Waals surface area contributed by atoms with Gasteiger partial charge in [0.25, 0.3) is 0 Å². The molecule has 0 radical (unpaired) electrons. The van der Waals surface area contributed by atoms with Gasteiger partial charge in [0.15, 0.2) is 0 Å². The molecule has 1 aromatic rings. The van der Waals surface area contributed by atoms with Crippen molar-refractivity contribution < 1.29 is 9.53 Å². The maximum absolute atomic E-state index is 11.5. The zero-order valence-corrected chi connectivity index (χ0v) is 9.36. The Morgan fingerprint density at radius 2 is 1.87 bits per heavy atom. The fourth-order valence-electron chi connectivity index (χ4n) is 1.47. The van der Waals surface area contributed by atoms with Gasteiger partial charge >= 0.3 is 5.97 Å². The van der Waals surface area contributed by atoms with E-state index in [9.17, 15) is 4.79 Å². The highest BCUT2D eigenvalue weighted by Gasteiger charge is 2.36. The first-order valence-electron chi connectivity index (χ1n) is 4.89. The molecule has 1 atom stereocenters. The highest BCUT2D eigenvalue weighted by atomic mass is 16.5. The molecule has 0 spiro atoms. The van der Waals surface area contributed by atoms with Crippen LogP contribution in [0.2, 0.25) is 0 Å². The number of carbonyl (C=O) groups excluding carboxylic acids is 1. The van der Waals surface area contributed by atoms with Crippen LogP contribution in [0.25, 0.3) is 0 Å². The van der Waals surface area contributed by atoms with Crippen LogP contribution in [0.4, 0.5) is 0 Å². The number of benzene rings is 1. The van der Waals surface area contributed by atoms with Crippen molar-refractivity contribution in [2.24, 2.45) is 11.1 Å². The average molecular weight is 207 g/mol. The van der Waals surface area contributed by atoms with Gasteiger partial charge in [-0.1, -0.05) is 30.3 Å². The highest BCUT2D eigenvalue weighted by Crippen LogP contribution is 2.32. The molecule has 15 heavy (non-hydrogen) atoms. The molecule has 3 nitrogen and oxygen atoms in total. The summed E-state index contributed by atoms with van der Waals surface area (Å²) in [5.74, 6) is -0.293. The van der Waals surface area contributed by atoms with Crippen molar-refractivity contribution in [3.63, 3.8) is 0 Å². The molecule has 0 aliphatic heterocycles. The Kier molecular flexibility index (Phi) is 3.48. The summed E-state index contributed by atoms with van der Waals surface area (Å²) in [5.41, 5.74) is 6.27. The van der Waals surface area contributed by atoms with E-state index in [1.54, 1.807) is 13.8 Å². The van der Waals surface area contributed by atoms with Crippen LogP contribution in [0, 0.1) is 5.41 Å². The van der Waals surface area contributed by atoms with Crippen molar-refractivity contribution in [2.45, 2.75) is 19.9 Å². The molecular formula is C12H17NO2. The number of hydrogen-bond acceptors (Lipinski definition) is 3. The Bertz CT molecular complexity index is 333. The van der Waals surface area contributed by atoms with Crippen LogP contribution in [0.5, 0.6) is 0 Å². The fraction of sp³-hybridized carbons (Fsp3) is 0.417. The summed E-state index contributed by atoms with van der Waals surface area (Å²) in [6.07, 6.45) is 0. The molecule has 82 valence electrons. The second-order valence-corrected chi connectivity index (χ2v) is 4.10. The fourth-order valence-corrected chi connectivity index (χ4v) is 1.47. The Morgan fingerprint density at radius 3 is 2.33 bits per heavy atom.